The maximum absolute atomic E-state index is 14.9. The molecule has 4 aromatic rings. The summed E-state index contributed by atoms with van der Waals surface area (Å²) in [7, 11) is -1.77. The van der Waals surface area contributed by atoms with Crippen LogP contribution in [0.1, 0.15) is 0 Å². The Morgan fingerprint density at radius 1 is 1.03 bits per heavy atom. The first-order valence-corrected chi connectivity index (χ1v) is 14.4. The van der Waals surface area contributed by atoms with Crippen LogP contribution in [0.3, 0.4) is 0 Å². The smallest absolute Gasteiger partial charge is 0.226 e. The second kappa shape index (κ2) is 12.4. The normalized spacial score (nSPS) is 11.4. The number of anilines is 4. The highest BCUT2D eigenvalue weighted by Gasteiger charge is 2.13. The van der Waals surface area contributed by atoms with Gasteiger partial charge in [-0.2, -0.15) is 4.98 Å². The van der Waals surface area contributed by atoms with Gasteiger partial charge >= 0.3 is 0 Å². The lowest BCUT2D eigenvalue weighted by Crippen LogP contribution is -2.30. The zero-order valence-corrected chi connectivity index (χ0v) is 22.9. The first kappa shape index (κ1) is 27.6. The molecule has 0 fully saturated rings. The van der Waals surface area contributed by atoms with E-state index in [2.05, 4.69) is 30.3 Å². The van der Waals surface area contributed by atoms with E-state index >= 15 is 0 Å². The van der Waals surface area contributed by atoms with E-state index < -0.39 is 15.8 Å². The Kier molecular flexibility index (Phi) is 9.00. The summed E-state index contributed by atoms with van der Waals surface area (Å²) in [4.78, 5) is 13.6. The van der Waals surface area contributed by atoms with Crippen molar-refractivity contribution >= 4 is 56.6 Å². The molecule has 0 atom stereocenters. The van der Waals surface area contributed by atoms with Gasteiger partial charge in [0.15, 0.2) is 5.82 Å². The molecule has 3 N–H and O–H groups in total. The second-order valence-corrected chi connectivity index (χ2v) is 11.5. The maximum atomic E-state index is 14.9. The largest absolute Gasteiger partial charge is 0.355 e. The van der Waals surface area contributed by atoms with Crippen LogP contribution in [0.25, 0.3) is 11.4 Å². The number of para-hydroxylation sites is 1. The molecular weight excluding hydrogens is 549 g/mol. The third-order valence-electron chi connectivity index (χ3n) is 5.37. The van der Waals surface area contributed by atoms with Gasteiger partial charge in [-0.1, -0.05) is 35.9 Å². The SMILES string of the molecule is CN(CCNc1ncnc(-c2ccccc2Nc2ccc(NSc3ccccc3Cl)c(F)c2)n1)S(C)(=O)=O. The molecule has 198 valence electrons. The lowest BCUT2D eigenvalue weighted by molar-refractivity contribution is 0.486. The van der Waals surface area contributed by atoms with E-state index in [-0.39, 0.29) is 6.54 Å². The Hall–Kier alpha value is -3.45. The van der Waals surface area contributed by atoms with Crippen molar-refractivity contribution in [2.24, 2.45) is 0 Å². The van der Waals surface area contributed by atoms with Crippen molar-refractivity contribution in [1.82, 2.24) is 19.3 Å². The van der Waals surface area contributed by atoms with E-state index in [0.717, 1.165) is 11.2 Å². The molecule has 3 aromatic carbocycles. The molecular formula is C25H25ClFN7O2S2. The number of benzene rings is 3. The number of hydrogen-bond donors (Lipinski definition) is 3. The molecule has 0 saturated carbocycles. The fourth-order valence-electron chi connectivity index (χ4n) is 3.26. The summed E-state index contributed by atoms with van der Waals surface area (Å²) in [5.41, 5.74) is 2.22. The number of rotatable bonds is 11. The van der Waals surface area contributed by atoms with Crippen LogP contribution < -0.4 is 15.4 Å². The minimum atomic E-state index is -3.27. The minimum absolute atomic E-state index is 0.255. The van der Waals surface area contributed by atoms with Crippen LogP contribution in [0, 0.1) is 5.82 Å². The molecule has 0 unspecified atom stereocenters. The van der Waals surface area contributed by atoms with Gasteiger partial charge in [-0.15, -0.1) is 0 Å². The average Bonchev–Trinajstić information content (AvgIpc) is 2.89. The lowest BCUT2D eigenvalue weighted by Gasteiger charge is -2.15. The fourth-order valence-corrected chi connectivity index (χ4v) is 4.63. The number of likely N-dealkylation sites (N-methyl/N-ethyl adjacent to an activating group) is 1. The zero-order valence-electron chi connectivity index (χ0n) is 20.5. The molecule has 0 bridgehead atoms. The summed E-state index contributed by atoms with van der Waals surface area (Å²) in [6.45, 7) is 0.576. The predicted octanol–water partition coefficient (Wildman–Crippen LogP) is 5.50. The first-order chi connectivity index (χ1) is 18.2. The van der Waals surface area contributed by atoms with Crippen LogP contribution in [0.15, 0.2) is 78.0 Å². The van der Waals surface area contributed by atoms with Crippen molar-refractivity contribution in [2.45, 2.75) is 4.90 Å². The van der Waals surface area contributed by atoms with Gasteiger partial charge in [0.05, 0.1) is 17.0 Å². The van der Waals surface area contributed by atoms with E-state index in [1.54, 1.807) is 18.2 Å². The van der Waals surface area contributed by atoms with Gasteiger partial charge in [0.2, 0.25) is 16.0 Å². The van der Waals surface area contributed by atoms with Crippen LogP contribution in [-0.2, 0) is 10.0 Å². The average molecular weight is 574 g/mol. The second-order valence-electron chi connectivity index (χ2n) is 8.14. The molecule has 13 heteroatoms. The highest BCUT2D eigenvalue weighted by Crippen LogP contribution is 2.32. The number of nitrogens with one attached hydrogen (secondary N) is 3. The summed E-state index contributed by atoms with van der Waals surface area (Å²) in [6, 6.07) is 19.5. The molecule has 1 aromatic heterocycles. The van der Waals surface area contributed by atoms with Gasteiger partial charge in [-0.25, -0.2) is 27.1 Å². The number of sulfonamides is 1. The number of nitrogens with zero attached hydrogens (tertiary/aromatic N) is 4. The maximum Gasteiger partial charge on any atom is 0.226 e. The molecule has 0 spiro atoms. The summed E-state index contributed by atoms with van der Waals surface area (Å²) >= 11 is 7.40. The molecule has 0 saturated heterocycles. The molecule has 0 aliphatic carbocycles. The van der Waals surface area contributed by atoms with Crippen LogP contribution in [0.4, 0.5) is 27.4 Å². The summed E-state index contributed by atoms with van der Waals surface area (Å²) in [5, 5.41) is 6.82. The number of hydrogen-bond acceptors (Lipinski definition) is 9. The van der Waals surface area contributed by atoms with Gasteiger partial charge in [0.25, 0.3) is 0 Å². The van der Waals surface area contributed by atoms with Crippen molar-refractivity contribution in [3.8, 4) is 11.4 Å². The van der Waals surface area contributed by atoms with Crippen LogP contribution in [0.5, 0.6) is 0 Å². The third-order valence-corrected chi connectivity index (χ3v) is 8.03. The summed E-state index contributed by atoms with van der Waals surface area (Å²) in [5.74, 6) is 0.277. The Labute approximate surface area is 230 Å². The van der Waals surface area contributed by atoms with Gasteiger partial charge in [0, 0.05) is 42.0 Å². The Morgan fingerprint density at radius 2 is 1.79 bits per heavy atom. The molecule has 0 amide bonds. The fraction of sp³-hybridized carbons (Fsp3) is 0.160. The van der Waals surface area contributed by atoms with E-state index in [4.69, 9.17) is 11.6 Å². The Balaban J connectivity index is 1.45. The van der Waals surface area contributed by atoms with Crippen LogP contribution in [0.2, 0.25) is 5.02 Å². The van der Waals surface area contributed by atoms with Crippen molar-refractivity contribution < 1.29 is 12.8 Å². The van der Waals surface area contributed by atoms with E-state index in [9.17, 15) is 12.8 Å². The summed E-state index contributed by atoms with van der Waals surface area (Å²) < 4.78 is 42.2. The van der Waals surface area contributed by atoms with E-state index in [1.807, 2.05) is 42.5 Å². The van der Waals surface area contributed by atoms with Crippen molar-refractivity contribution in [2.75, 3.05) is 41.7 Å². The monoisotopic (exact) mass is 573 g/mol. The molecule has 38 heavy (non-hydrogen) atoms. The van der Waals surface area contributed by atoms with Gasteiger partial charge in [-0.05, 0) is 54.4 Å². The topological polar surface area (TPSA) is 112 Å². The zero-order chi connectivity index (χ0) is 27.1. The van der Waals surface area contributed by atoms with Gasteiger partial charge < -0.3 is 15.4 Å². The standard InChI is InChI=1S/C25H25ClFN7O2S2/c1-34(38(2,35)36)14-13-28-25-30-16-29-24(32-25)18-7-3-5-9-21(18)31-17-11-12-22(20(27)15-17)33-37-23-10-6-4-8-19(23)26/h3-12,15-16,31,33H,13-14H2,1-2H3,(H,28,29,30,32). The Morgan fingerprint density at radius 3 is 2.55 bits per heavy atom. The van der Waals surface area contributed by atoms with Crippen LogP contribution in [-0.4, -0.2) is 54.1 Å². The molecule has 0 radical (unpaired) electrons. The van der Waals surface area contributed by atoms with Gasteiger partial charge in [0.1, 0.15) is 12.1 Å². The van der Waals surface area contributed by atoms with Crippen molar-refractivity contribution in [3.63, 3.8) is 0 Å². The molecule has 0 aliphatic rings. The molecule has 4 rings (SSSR count). The molecule has 0 aliphatic heterocycles. The molecule has 1 heterocycles. The highest BCUT2D eigenvalue weighted by molar-refractivity contribution is 8.00. The third kappa shape index (κ3) is 7.32. The van der Waals surface area contributed by atoms with Crippen molar-refractivity contribution in [3.05, 3.63) is 83.9 Å². The quantitative estimate of drug-likeness (QED) is 0.200. The lowest BCUT2D eigenvalue weighted by atomic mass is 10.1. The number of halogens is 2. The molecule has 9 nitrogen and oxygen atoms in total. The van der Waals surface area contributed by atoms with Crippen LogP contribution >= 0.6 is 23.5 Å². The Bertz CT molecular complexity index is 1530. The summed E-state index contributed by atoms with van der Waals surface area (Å²) in [6.07, 6.45) is 2.52. The first-order valence-electron chi connectivity index (χ1n) is 11.4. The van der Waals surface area contributed by atoms with E-state index in [0.29, 0.717) is 46.0 Å². The van der Waals surface area contributed by atoms with E-state index in [1.165, 1.54) is 35.7 Å². The van der Waals surface area contributed by atoms with Gasteiger partial charge in [-0.3, -0.25) is 0 Å². The highest BCUT2D eigenvalue weighted by atomic mass is 35.5. The predicted molar refractivity (Wildman–Crippen MR) is 152 cm³/mol. The number of aromatic nitrogens is 3. The minimum Gasteiger partial charge on any atom is -0.355 e. The van der Waals surface area contributed by atoms with Crippen molar-refractivity contribution in [1.29, 1.82) is 0 Å².